The third-order valence-electron chi connectivity index (χ3n) is 2.78. The Bertz CT molecular complexity index is 418. The van der Waals surface area contributed by atoms with E-state index in [9.17, 15) is 9.18 Å². The first-order valence-electron chi connectivity index (χ1n) is 5.23. The number of carboxylic acids is 1. The van der Waals surface area contributed by atoms with E-state index in [0.29, 0.717) is 5.92 Å². The molecule has 16 heavy (non-hydrogen) atoms. The fraction of sp³-hybridized carbons (Fsp3) is 0.455. The summed E-state index contributed by atoms with van der Waals surface area (Å²) in [7, 11) is 0. The standard InChI is InChI=1S/C11H13FN2O2/c1-6(7-2-3-7)14-10-9(11(15)16)4-8(12)5-13-10/h4-7H,2-3H2,1H3,(H,13,14)(H,15,16). The molecule has 5 heteroatoms. The minimum Gasteiger partial charge on any atom is -0.478 e. The van der Waals surface area contributed by atoms with Crippen LogP contribution in [0.1, 0.15) is 30.1 Å². The van der Waals surface area contributed by atoms with E-state index in [1.165, 1.54) is 0 Å². The van der Waals surface area contributed by atoms with Crippen LogP contribution in [0.5, 0.6) is 0 Å². The maximum atomic E-state index is 12.9. The first-order valence-corrected chi connectivity index (χ1v) is 5.23. The molecule has 1 atom stereocenters. The minimum absolute atomic E-state index is 0.118. The Balaban J connectivity index is 2.21. The minimum atomic E-state index is -1.17. The smallest absolute Gasteiger partial charge is 0.339 e. The molecule has 0 radical (unpaired) electrons. The van der Waals surface area contributed by atoms with Crippen LogP contribution < -0.4 is 5.32 Å². The maximum absolute atomic E-state index is 12.9. The predicted octanol–water partition coefficient (Wildman–Crippen LogP) is 2.13. The number of nitrogens with zero attached hydrogens (tertiary/aromatic N) is 1. The van der Waals surface area contributed by atoms with Gasteiger partial charge < -0.3 is 10.4 Å². The molecule has 1 saturated carbocycles. The molecule has 2 N–H and O–H groups in total. The molecule has 86 valence electrons. The van der Waals surface area contributed by atoms with Crippen molar-refractivity contribution < 1.29 is 14.3 Å². The van der Waals surface area contributed by atoms with Gasteiger partial charge in [0, 0.05) is 6.04 Å². The Labute approximate surface area is 92.5 Å². The summed E-state index contributed by atoms with van der Waals surface area (Å²) in [6.07, 6.45) is 3.32. The monoisotopic (exact) mass is 224 g/mol. The van der Waals surface area contributed by atoms with Crippen molar-refractivity contribution >= 4 is 11.8 Å². The zero-order valence-electron chi connectivity index (χ0n) is 8.90. The van der Waals surface area contributed by atoms with Gasteiger partial charge >= 0.3 is 5.97 Å². The SMILES string of the molecule is CC(Nc1ncc(F)cc1C(=O)O)C1CC1. The second-order valence-electron chi connectivity index (χ2n) is 4.13. The van der Waals surface area contributed by atoms with E-state index in [1.54, 1.807) is 0 Å². The number of hydrogen-bond acceptors (Lipinski definition) is 3. The summed E-state index contributed by atoms with van der Waals surface area (Å²) in [6.45, 7) is 1.98. The van der Waals surface area contributed by atoms with Crippen LogP contribution in [-0.2, 0) is 0 Å². The summed E-state index contributed by atoms with van der Waals surface area (Å²) in [5.41, 5.74) is -0.118. The molecule has 0 aliphatic heterocycles. The Hall–Kier alpha value is -1.65. The summed E-state index contributed by atoms with van der Waals surface area (Å²) >= 11 is 0. The van der Waals surface area contributed by atoms with Crippen LogP contribution in [0, 0.1) is 11.7 Å². The zero-order valence-corrected chi connectivity index (χ0v) is 8.90. The van der Waals surface area contributed by atoms with Gasteiger partial charge in [0.05, 0.1) is 6.20 Å². The van der Waals surface area contributed by atoms with Crippen LogP contribution in [-0.4, -0.2) is 22.1 Å². The quantitative estimate of drug-likeness (QED) is 0.822. The van der Waals surface area contributed by atoms with Gasteiger partial charge in [-0.1, -0.05) is 0 Å². The highest BCUT2D eigenvalue weighted by atomic mass is 19.1. The summed E-state index contributed by atoms with van der Waals surface area (Å²) in [5, 5.41) is 11.9. The Kier molecular flexibility index (Phi) is 2.77. The lowest BCUT2D eigenvalue weighted by Gasteiger charge is -2.14. The van der Waals surface area contributed by atoms with Gasteiger partial charge in [0.25, 0.3) is 0 Å². The van der Waals surface area contributed by atoms with Gasteiger partial charge in [0.1, 0.15) is 17.2 Å². The largest absolute Gasteiger partial charge is 0.478 e. The highest BCUT2D eigenvalue weighted by molar-refractivity contribution is 5.93. The molecular weight excluding hydrogens is 211 g/mol. The molecule has 0 aromatic carbocycles. The van der Waals surface area contributed by atoms with Crippen molar-refractivity contribution in [3.63, 3.8) is 0 Å². The number of aromatic nitrogens is 1. The van der Waals surface area contributed by atoms with E-state index in [-0.39, 0.29) is 17.4 Å². The van der Waals surface area contributed by atoms with Crippen LogP contribution in [0.2, 0.25) is 0 Å². The molecule has 0 saturated heterocycles. The van der Waals surface area contributed by atoms with Crippen molar-refractivity contribution in [2.75, 3.05) is 5.32 Å². The van der Waals surface area contributed by atoms with Gasteiger partial charge in [-0.2, -0.15) is 0 Å². The molecule has 1 heterocycles. The molecule has 1 aromatic heterocycles. The molecule has 0 bridgehead atoms. The number of aromatic carboxylic acids is 1. The van der Waals surface area contributed by atoms with Crippen molar-refractivity contribution in [2.45, 2.75) is 25.8 Å². The number of rotatable bonds is 4. The van der Waals surface area contributed by atoms with Crippen molar-refractivity contribution in [3.05, 3.63) is 23.6 Å². The van der Waals surface area contributed by atoms with Gasteiger partial charge in [-0.3, -0.25) is 0 Å². The zero-order chi connectivity index (χ0) is 11.7. The van der Waals surface area contributed by atoms with E-state index in [4.69, 9.17) is 5.11 Å². The second kappa shape index (κ2) is 4.08. The molecule has 0 spiro atoms. The fourth-order valence-corrected chi connectivity index (χ4v) is 1.65. The van der Waals surface area contributed by atoms with Crippen molar-refractivity contribution in [1.29, 1.82) is 0 Å². The van der Waals surface area contributed by atoms with Gasteiger partial charge in [-0.05, 0) is 31.7 Å². The van der Waals surface area contributed by atoms with E-state index < -0.39 is 11.8 Å². The van der Waals surface area contributed by atoms with Crippen LogP contribution in [0.3, 0.4) is 0 Å². The number of pyridine rings is 1. The van der Waals surface area contributed by atoms with Crippen molar-refractivity contribution in [1.82, 2.24) is 4.98 Å². The third kappa shape index (κ3) is 2.29. The van der Waals surface area contributed by atoms with Crippen LogP contribution in [0.15, 0.2) is 12.3 Å². The lowest BCUT2D eigenvalue weighted by Crippen LogP contribution is -2.20. The second-order valence-corrected chi connectivity index (χ2v) is 4.13. The number of anilines is 1. The number of hydrogen-bond donors (Lipinski definition) is 2. The number of halogens is 1. The van der Waals surface area contributed by atoms with Crippen LogP contribution in [0.4, 0.5) is 10.2 Å². The van der Waals surface area contributed by atoms with Gasteiger partial charge in [-0.15, -0.1) is 0 Å². The maximum Gasteiger partial charge on any atom is 0.339 e. The van der Waals surface area contributed by atoms with Crippen molar-refractivity contribution in [3.8, 4) is 0 Å². The van der Waals surface area contributed by atoms with Gasteiger partial charge in [-0.25, -0.2) is 14.2 Å². The highest BCUT2D eigenvalue weighted by Crippen LogP contribution is 2.34. The normalized spacial score (nSPS) is 16.9. The van der Waals surface area contributed by atoms with E-state index in [1.807, 2.05) is 6.92 Å². The lowest BCUT2D eigenvalue weighted by molar-refractivity contribution is 0.0697. The van der Waals surface area contributed by atoms with Gasteiger partial charge in [0.2, 0.25) is 0 Å². The van der Waals surface area contributed by atoms with Crippen LogP contribution >= 0.6 is 0 Å². The first kappa shape index (κ1) is 10.9. The Morgan fingerprint density at radius 2 is 2.38 bits per heavy atom. The molecule has 1 unspecified atom stereocenters. The molecule has 1 aromatic rings. The first-order chi connectivity index (χ1) is 7.58. The van der Waals surface area contributed by atoms with Crippen LogP contribution in [0.25, 0.3) is 0 Å². The van der Waals surface area contributed by atoms with Crippen molar-refractivity contribution in [2.24, 2.45) is 5.92 Å². The summed E-state index contributed by atoms with van der Waals surface area (Å²) < 4.78 is 12.9. The number of nitrogens with one attached hydrogen (secondary N) is 1. The molecule has 1 aliphatic carbocycles. The molecule has 2 rings (SSSR count). The molecule has 1 fully saturated rings. The summed E-state index contributed by atoms with van der Waals surface area (Å²) in [4.78, 5) is 14.7. The molecule has 1 aliphatic rings. The van der Waals surface area contributed by atoms with E-state index in [0.717, 1.165) is 25.1 Å². The van der Waals surface area contributed by atoms with E-state index >= 15 is 0 Å². The average molecular weight is 224 g/mol. The number of carboxylic acid groups (broad SMARTS) is 1. The summed E-state index contributed by atoms with van der Waals surface area (Å²) in [5.74, 6) is -0.985. The van der Waals surface area contributed by atoms with Gasteiger partial charge in [0.15, 0.2) is 0 Å². The highest BCUT2D eigenvalue weighted by Gasteiger charge is 2.29. The predicted molar refractivity (Wildman–Crippen MR) is 57.0 cm³/mol. The van der Waals surface area contributed by atoms with E-state index in [2.05, 4.69) is 10.3 Å². The number of carbonyl (C=O) groups is 1. The molecule has 4 nitrogen and oxygen atoms in total. The lowest BCUT2D eigenvalue weighted by atomic mass is 10.2. The topological polar surface area (TPSA) is 62.2 Å². The Morgan fingerprint density at radius 3 is 2.94 bits per heavy atom. The summed E-state index contributed by atoms with van der Waals surface area (Å²) in [6, 6.07) is 1.16. The third-order valence-corrected chi connectivity index (χ3v) is 2.78. The molecular formula is C11H13FN2O2. The Morgan fingerprint density at radius 1 is 1.69 bits per heavy atom. The average Bonchev–Trinajstić information content (AvgIpc) is 3.03. The fourth-order valence-electron chi connectivity index (χ4n) is 1.65. The molecule has 0 amide bonds.